The Kier molecular flexibility index (Phi) is 7.07. The average Bonchev–Trinajstić information content (AvgIpc) is 2.38. The van der Waals surface area contributed by atoms with Gasteiger partial charge in [-0.15, -0.1) is 0 Å². The second kappa shape index (κ2) is 8.11. The molecule has 0 radical (unpaired) electrons. The molecule has 0 amide bonds. The van der Waals surface area contributed by atoms with Crippen LogP contribution in [0.1, 0.15) is 40.5 Å². The highest BCUT2D eigenvalue weighted by Crippen LogP contribution is 2.29. The molecule has 22 heavy (non-hydrogen) atoms. The fourth-order valence-electron chi connectivity index (χ4n) is 3.00. The third kappa shape index (κ3) is 6.49. The Hall–Kier alpha value is -0.873. The normalized spacial score (nSPS) is 25.8. The quantitative estimate of drug-likeness (QED) is 0.386. The number of carbonyl (C=O) groups is 1. The summed E-state index contributed by atoms with van der Waals surface area (Å²) in [7, 11) is -1.68. The Morgan fingerprint density at radius 3 is 2.59 bits per heavy atom. The van der Waals surface area contributed by atoms with E-state index in [0.717, 1.165) is 12.8 Å². The van der Waals surface area contributed by atoms with Crippen molar-refractivity contribution in [1.29, 1.82) is 0 Å². The molecule has 4 atom stereocenters. The van der Waals surface area contributed by atoms with E-state index in [-0.39, 0.29) is 24.1 Å². The number of ether oxygens (including phenoxy) is 1. The minimum Gasteiger partial charge on any atom is -0.456 e. The van der Waals surface area contributed by atoms with Crippen molar-refractivity contribution in [2.24, 2.45) is 11.8 Å². The van der Waals surface area contributed by atoms with Gasteiger partial charge < -0.3 is 9.16 Å². The molecule has 4 heteroatoms. The van der Waals surface area contributed by atoms with Crippen LogP contribution in [0.4, 0.5) is 0 Å². The van der Waals surface area contributed by atoms with Crippen LogP contribution in [0.3, 0.4) is 0 Å². The zero-order chi connectivity index (χ0) is 16.9. The van der Waals surface area contributed by atoms with Crippen molar-refractivity contribution in [2.75, 3.05) is 0 Å². The zero-order valence-corrected chi connectivity index (χ0v) is 16.2. The van der Waals surface area contributed by atoms with Crippen molar-refractivity contribution in [3.63, 3.8) is 0 Å². The van der Waals surface area contributed by atoms with Gasteiger partial charge in [-0.3, -0.25) is 0 Å². The topological polar surface area (TPSA) is 35.5 Å². The molecule has 0 aliphatic carbocycles. The van der Waals surface area contributed by atoms with E-state index in [2.05, 4.69) is 53.4 Å². The van der Waals surface area contributed by atoms with Crippen LogP contribution < -0.4 is 0 Å². The molecule has 0 N–H and O–H groups in total. The first-order valence-corrected chi connectivity index (χ1v) is 11.7. The predicted molar refractivity (Wildman–Crippen MR) is 94.2 cm³/mol. The van der Waals surface area contributed by atoms with Gasteiger partial charge in [0.15, 0.2) is 8.32 Å². The van der Waals surface area contributed by atoms with E-state index in [0.29, 0.717) is 5.92 Å². The van der Waals surface area contributed by atoms with Crippen molar-refractivity contribution in [2.45, 2.75) is 72.4 Å². The molecule has 0 saturated heterocycles. The van der Waals surface area contributed by atoms with Gasteiger partial charge in [0.2, 0.25) is 0 Å². The smallest absolute Gasteiger partial charge is 0.330 e. The lowest BCUT2D eigenvalue weighted by atomic mass is 9.86. The van der Waals surface area contributed by atoms with Crippen LogP contribution in [0, 0.1) is 11.8 Å². The van der Waals surface area contributed by atoms with Crippen LogP contribution in [0.2, 0.25) is 19.6 Å². The van der Waals surface area contributed by atoms with E-state index in [1.165, 1.54) is 11.6 Å². The summed E-state index contributed by atoms with van der Waals surface area (Å²) in [6.45, 7) is 15.2. The molecular weight excluding hydrogens is 292 g/mol. The number of rotatable bonds is 7. The summed E-state index contributed by atoms with van der Waals surface area (Å²) in [6, 6.07) is 0. The van der Waals surface area contributed by atoms with Crippen LogP contribution in [-0.2, 0) is 14.0 Å². The SMILES string of the molecule is C/C=C(\C)C[C@H](C)C[C@H](C)[C@H]1OC(=O)C=C[C@H]1O[Si](C)(C)C. The van der Waals surface area contributed by atoms with Crippen LogP contribution >= 0.6 is 0 Å². The van der Waals surface area contributed by atoms with E-state index in [9.17, 15) is 4.79 Å². The molecule has 0 aromatic rings. The van der Waals surface area contributed by atoms with Crippen LogP contribution in [0.25, 0.3) is 0 Å². The van der Waals surface area contributed by atoms with Gasteiger partial charge in [-0.2, -0.15) is 0 Å². The van der Waals surface area contributed by atoms with Gasteiger partial charge in [0.1, 0.15) is 12.2 Å². The Labute approximate surface area is 136 Å². The lowest BCUT2D eigenvalue weighted by molar-refractivity contribution is -0.153. The highest BCUT2D eigenvalue weighted by Gasteiger charge is 2.35. The lowest BCUT2D eigenvalue weighted by Gasteiger charge is -2.36. The van der Waals surface area contributed by atoms with E-state index in [1.807, 2.05) is 6.08 Å². The number of cyclic esters (lactones) is 1. The summed E-state index contributed by atoms with van der Waals surface area (Å²) in [6.07, 6.45) is 7.40. The second-order valence-electron chi connectivity index (χ2n) is 7.61. The monoisotopic (exact) mass is 324 g/mol. The number of allylic oxidation sites excluding steroid dienone is 2. The summed E-state index contributed by atoms with van der Waals surface area (Å²) in [5.41, 5.74) is 1.41. The minimum atomic E-state index is -1.68. The summed E-state index contributed by atoms with van der Waals surface area (Å²) in [4.78, 5) is 11.6. The van der Waals surface area contributed by atoms with Gasteiger partial charge in [0.25, 0.3) is 0 Å². The number of carbonyl (C=O) groups excluding carboxylic acids is 1. The van der Waals surface area contributed by atoms with Crippen LogP contribution in [-0.4, -0.2) is 26.5 Å². The molecule has 0 spiro atoms. The third-order valence-electron chi connectivity index (χ3n) is 3.99. The fraction of sp³-hybridized carbons (Fsp3) is 0.722. The summed E-state index contributed by atoms with van der Waals surface area (Å²) in [5, 5.41) is 0. The molecule has 0 aromatic heterocycles. The molecule has 1 rings (SSSR count). The Morgan fingerprint density at radius 2 is 2.05 bits per heavy atom. The van der Waals surface area contributed by atoms with Crippen molar-refractivity contribution in [3.05, 3.63) is 23.8 Å². The molecule has 3 nitrogen and oxygen atoms in total. The molecule has 1 aliphatic rings. The first-order chi connectivity index (χ1) is 10.1. The average molecular weight is 325 g/mol. The van der Waals surface area contributed by atoms with E-state index in [1.54, 1.807) is 0 Å². The van der Waals surface area contributed by atoms with Gasteiger partial charge in [-0.1, -0.05) is 25.5 Å². The van der Waals surface area contributed by atoms with E-state index in [4.69, 9.17) is 9.16 Å². The van der Waals surface area contributed by atoms with Crippen molar-refractivity contribution in [3.8, 4) is 0 Å². The minimum absolute atomic E-state index is 0.102. The zero-order valence-electron chi connectivity index (χ0n) is 15.2. The van der Waals surface area contributed by atoms with Crippen molar-refractivity contribution in [1.82, 2.24) is 0 Å². The molecule has 0 aromatic carbocycles. The molecule has 1 aliphatic heterocycles. The Morgan fingerprint density at radius 1 is 1.41 bits per heavy atom. The van der Waals surface area contributed by atoms with Gasteiger partial charge in [-0.05, 0) is 64.2 Å². The fourth-order valence-corrected chi connectivity index (χ4v) is 4.03. The largest absolute Gasteiger partial charge is 0.456 e. The molecule has 0 fully saturated rings. The van der Waals surface area contributed by atoms with E-state index >= 15 is 0 Å². The molecule has 126 valence electrons. The molecular formula is C18H32O3Si. The summed E-state index contributed by atoms with van der Waals surface area (Å²) >= 11 is 0. The van der Waals surface area contributed by atoms with Gasteiger partial charge in [0, 0.05) is 6.08 Å². The van der Waals surface area contributed by atoms with Gasteiger partial charge in [-0.25, -0.2) is 4.79 Å². The second-order valence-corrected chi connectivity index (χ2v) is 12.1. The highest BCUT2D eigenvalue weighted by atomic mass is 28.4. The maximum atomic E-state index is 11.6. The Bertz CT molecular complexity index is 434. The van der Waals surface area contributed by atoms with Crippen molar-refractivity contribution < 1.29 is 14.0 Å². The molecule has 0 unspecified atom stereocenters. The highest BCUT2D eigenvalue weighted by molar-refractivity contribution is 6.69. The molecule has 0 bridgehead atoms. The van der Waals surface area contributed by atoms with E-state index < -0.39 is 8.32 Å². The van der Waals surface area contributed by atoms with Gasteiger partial charge >= 0.3 is 5.97 Å². The molecule has 0 saturated carbocycles. The third-order valence-corrected chi connectivity index (χ3v) is 4.97. The van der Waals surface area contributed by atoms with Crippen molar-refractivity contribution >= 4 is 14.3 Å². The standard InChI is InChI=1S/C18H32O3Si/c1-8-13(2)11-14(3)12-15(4)18-16(21-22(5,6)7)9-10-17(19)20-18/h8-10,14-16,18H,11-12H2,1-7H3/b13-8+/t14-,15-,16+,18+/m0/s1. The number of hydrogen-bond donors (Lipinski definition) is 0. The Balaban J connectivity index is 2.72. The maximum Gasteiger partial charge on any atom is 0.330 e. The number of hydrogen-bond acceptors (Lipinski definition) is 3. The first kappa shape index (κ1) is 19.2. The maximum absolute atomic E-state index is 11.6. The number of esters is 1. The van der Waals surface area contributed by atoms with Crippen LogP contribution in [0.5, 0.6) is 0 Å². The molecule has 1 heterocycles. The lowest BCUT2D eigenvalue weighted by Crippen LogP contribution is -2.45. The predicted octanol–water partition coefficient (Wildman–Crippen LogP) is 4.71. The first-order valence-electron chi connectivity index (χ1n) is 8.30. The van der Waals surface area contributed by atoms with Crippen LogP contribution in [0.15, 0.2) is 23.8 Å². The van der Waals surface area contributed by atoms with Gasteiger partial charge in [0.05, 0.1) is 0 Å². The summed E-state index contributed by atoms with van der Waals surface area (Å²) in [5.74, 6) is 0.614. The summed E-state index contributed by atoms with van der Waals surface area (Å²) < 4.78 is 11.8.